The van der Waals surface area contributed by atoms with Gasteiger partial charge in [0.15, 0.2) is 0 Å². The highest BCUT2D eigenvalue weighted by Gasteiger charge is 2.44. The standard InChI is InChI=1S/C15H15N3O/c1-9-6-10-7-13-12(2-3-14(19)18-13)15(17,8-9)11(10)4-5-16/h2-4,6,10H,7-8,17H2,1H3,(H,18,19)/b11-4+/t10-,15+/m1/s1. The fourth-order valence-corrected chi connectivity index (χ4v) is 3.41. The Labute approximate surface area is 111 Å². The molecule has 3 N–H and O–H groups in total. The quantitative estimate of drug-likeness (QED) is 0.543. The van der Waals surface area contributed by atoms with Crippen LogP contribution in [0, 0.1) is 17.2 Å². The number of aromatic amines is 1. The monoisotopic (exact) mass is 253 g/mol. The fraction of sp³-hybridized carbons (Fsp3) is 0.333. The third-order valence-electron chi connectivity index (χ3n) is 4.08. The molecule has 1 heterocycles. The Balaban J connectivity index is 2.29. The highest BCUT2D eigenvalue weighted by molar-refractivity contribution is 5.50. The summed E-state index contributed by atoms with van der Waals surface area (Å²) in [6.07, 6.45) is 5.12. The zero-order valence-electron chi connectivity index (χ0n) is 10.7. The van der Waals surface area contributed by atoms with Crippen LogP contribution in [0.5, 0.6) is 0 Å². The van der Waals surface area contributed by atoms with Crippen molar-refractivity contribution in [3.05, 3.63) is 57.0 Å². The van der Waals surface area contributed by atoms with Crippen LogP contribution in [0.15, 0.2) is 40.2 Å². The predicted octanol–water partition coefficient (Wildman–Crippen LogP) is 1.50. The van der Waals surface area contributed by atoms with Gasteiger partial charge in [0, 0.05) is 23.8 Å². The average Bonchev–Trinajstić information content (AvgIpc) is 2.32. The molecule has 4 nitrogen and oxygen atoms in total. The molecule has 0 amide bonds. The summed E-state index contributed by atoms with van der Waals surface area (Å²) in [5.41, 5.74) is 9.88. The normalized spacial score (nSPS) is 30.5. The number of H-pyrrole nitrogens is 1. The molecule has 1 aromatic rings. The molecule has 3 rings (SSSR count). The number of hydrogen-bond acceptors (Lipinski definition) is 3. The molecule has 19 heavy (non-hydrogen) atoms. The molecule has 2 aliphatic rings. The number of nitrogens with zero attached hydrogens (tertiary/aromatic N) is 1. The lowest BCUT2D eigenvalue weighted by molar-refractivity contribution is 0.410. The van der Waals surface area contributed by atoms with Gasteiger partial charge in [-0.15, -0.1) is 0 Å². The maximum Gasteiger partial charge on any atom is 0.248 e. The molecule has 2 aliphatic carbocycles. The Morgan fingerprint density at radius 3 is 3.11 bits per heavy atom. The van der Waals surface area contributed by atoms with Crippen LogP contribution in [-0.4, -0.2) is 4.98 Å². The van der Waals surface area contributed by atoms with Gasteiger partial charge in [-0.25, -0.2) is 0 Å². The first-order valence-corrected chi connectivity index (χ1v) is 6.33. The van der Waals surface area contributed by atoms with Crippen LogP contribution in [0.25, 0.3) is 0 Å². The van der Waals surface area contributed by atoms with E-state index in [2.05, 4.69) is 24.1 Å². The summed E-state index contributed by atoms with van der Waals surface area (Å²) >= 11 is 0. The van der Waals surface area contributed by atoms with Gasteiger partial charge in [-0.3, -0.25) is 4.79 Å². The molecule has 0 unspecified atom stereocenters. The van der Waals surface area contributed by atoms with Gasteiger partial charge in [0.25, 0.3) is 0 Å². The second-order valence-electron chi connectivity index (χ2n) is 5.42. The van der Waals surface area contributed by atoms with Crippen LogP contribution in [0.2, 0.25) is 0 Å². The minimum Gasteiger partial charge on any atom is -0.326 e. The van der Waals surface area contributed by atoms with E-state index in [1.54, 1.807) is 12.1 Å². The molecule has 0 spiro atoms. The summed E-state index contributed by atoms with van der Waals surface area (Å²) in [5.74, 6) is 0.115. The fourth-order valence-electron chi connectivity index (χ4n) is 3.41. The number of nitrogens with two attached hydrogens (primary N) is 1. The topological polar surface area (TPSA) is 82.7 Å². The summed E-state index contributed by atoms with van der Waals surface area (Å²) in [4.78, 5) is 14.3. The van der Waals surface area contributed by atoms with E-state index >= 15 is 0 Å². The molecular formula is C15H15N3O. The van der Waals surface area contributed by atoms with Gasteiger partial charge in [0.1, 0.15) is 0 Å². The Morgan fingerprint density at radius 1 is 1.58 bits per heavy atom. The lowest BCUT2D eigenvalue weighted by Gasteiger charge is -2.44. The average molecular weight is 253 g/mol. The molecule has 2 bridgehead atoms. The first-order chi connectivity index (χ1) is 9.04. The summed E-state index contributed by atoms with van der Waals surface area (Å²) in [6, 6.07) is 5.41. The van der Waals surface area contributed by atoms with Gasteiger partial charge in [-0.05, 0) is 37.0 Å². The lowest BCUT2D eigenvalue weighted by atomic mass is 9.63. The number of allylic oxidation sites excluding steroid dienone is 2. The lowest BCUT2D eigenvalue weighted by Crippen LogP contribution is -2.48. The first kappa shape index (κ1) is 11.9. The van der Waals surface area contributed by atoms with Crippen molar-refractivity contribution in [2.75, 3.05) is 0 Å². The van der Waals surface area contributed by atoms with Gasteiger partial charge in [-0.1, -0.05) is 11.6 Å². The van der Waals surface area contributed by atoms with E-state index in [1.807, 2.05) is 0 Å². The minimum atomic E-state index is -0.656. The second kappa shape index (κ2) is 3.94. The van der Waals surface area contributed by atoms with Crippen LogP contribution < -0.4 is 11.3 Å². The van der Waals surface area contributed by atoms with Crippen LogP contribution in [0.1, 0.15) is 24.6 Å². The van der Waals surface area contributed by atoms with E-state index in [1.165, 1.54) is 11.6 Å². The van der Waals surface area contributed by atoms with E-state index in [4.69, 9.17) is 11.0 Å². The summed E-state index contributed by atoms with van der Waals surface area (Å²) < 4.78 is 0. The largest absolute Gasteiger partial charge is 0.326 e. The SMILES string of the molecule is CC1=C[C@@H]2Cc3[nH]c(=O)ccc3[C@](N)(C1)/C2=C/C#N. The van der Waals surface area contributed by atoms with Crippen molar-refractivity contribution in [1.82, 2.24) is 4.98 Å². The molecule has 96 valence electrons. The summed E-state index contributed by atoms with van der Waals surface area (Å²) in [7, 11) is 0. The number of aromatic nitrogens is 1. The van der Waals surface area contributed by atoms with Crippen LogP contribution in [0.4, 0.5) is 0 Å². The Kier molecular flexibility index (Phi) is 2.48. The van der Waals surface area contributed by atoms with Gasteiger partial charge in [0.05, 0.1) is 11.6 Å². The zero-order valence-corrected chi connectivity index (χ0v) is 10.7. The van der Waals surface area contributed by atoms with Crippen molar-refractivity contribution in [3.63, 3.8) is 0 Å². The van der Waals surface area contributed by atoms with E-state index in [0.29, 0.717) is 12.8 Å². The van der Waals surface area contributed by atoms with Gasteiger partial charge >= 0.3 is 0 Å². The highest BCUT2D eigenvalue weighted by Crippen LogP contribution is 2.47. The van der Waals surface area contributed by atoms with Gasteiger partial charge in [0.2, 0.25) is 5.56 Å². The number of hydrogen-bond donors (Lipinski definition) is 2. The van der Waals surface area contributed by atoms with Gasteiger partial charge in [-0.2, -0.15) is 5.26 Å². The van der Waals surface area contributed by atoms with E-state index in [-0.39, 0.29) is 11.5 Å². The third-order valence-corrected chi connectivity index (χ3v) is 4.08. The number of fused-ring (bicyclic) bond motifs is 4. The van der Waals surface area contributed by atoms with Crippen LogP contribution in [0.3, 0.4) is 0 Å². The molecule has 4 heteroatoms. The van der Waals surface area contributed by atoms with Crippen molar-refractivity contribution in [2.24, 2.45) is 11.7 Å². The number of nitrogens with one attached hydrogen (secondary N) is 1. The van der Waals surface area contributed by atoms with E-state index < -0.39 is 5.54 Å². The maximum absolute atomic E-state index is 11.5. The van der Waals surface area contributed by atoms with Crippen molar-refractivity contribution in [3.8, 4) is 6.07 Å². The second-order valence-corrected chi connectivity index (χ2v) is 5.42. The Morgan fingerprint density at radius 2 is 2.37 bits per heavy atom. The Bertz CT molecular complexity index is 705. The molecular weight excluding hydrogens is 238 g/mol. The van der Waals surface area contributed by atoms with Gasteiger partial charge < -0.3 is 10.7 Å². The number of pyridine rings is 1. The molecule has 0 fully saturated rings. The molecule has 1 aromatic heterocycles. The number of rotatable bonds is 0. The van der Waals surface area contributed by atoms with Crippen molar-refractivity contribution in [2.45, 2.75) is 25.3 Å². The molecule has 0 aliphatic heterocycles. The molecule has 0 radical (unpaired) electrons. The molecule has 0 aromatic carbocycles. The highest BCUT2D eigenvalue weighted by atomic mass is 16.1. The molecule has 0 saturated heterocycles. The Hall–Kier alpha value is -2.12. The smallest absolute Gasteiger partial charge is 0.248 e. The van der Waals surface area contributed by atoms with Crippen LogP contribution in [-0.2, 0) is 12.0 Å². The third kappa shape index (κ3) is 1.66. The van der Waals surface area contributed by atoms with E-state index in [9.17, 15) is 4.79 Å². The molecule has 2 atom stereocenters. The maximum atomic E-state index is 11.5. The van der Waals surface area contributed by atoms with Crippen molar-refractivity contribution >= 4 is 0 Å². The summed E-state index contributed by atoms with van der Waals surface area (Å²) in [6.45, 7) is 2.06. The zero-order chi connectivity index (χ0) is 13.6. The van der Waals surface area contributed by atoms with E-state index in [0.717, 1.165) is 16.8 Å². The summed E-state index contributed by atoms with van der Waals surface area (Å²) in [5, 5.41) is 8.99. The first-order valence-electron chi connectivity index (χ1n) is 6.33. The predicted molar refractivity (Wildman–Crippen MR) is 72.2 cm³/mol. The number of nitriles is 1. The minimum absolute atomic E-state index is 0.103. The van der Waals surface area contributed by atoms with Crippen LogP contribution >= 0.6 is 0 Å². The van der Waals surface area contributed by atoms with Crippen molar-refractivity contribution < 1.29 is 0 Å². The van der Waals surface area contributed by atoms with Crippen molar-refractivity contribution in [1.29, 1.82) is 5.26 Å². The molecule has 0 saturated carbocycles.